The highest BCUT2D eigenvalue weighted by Gasteiger charge is 2.15. The minimum absolute atomic E-state index is 0.000781. The van der Waals surface area contributed by atoms with Crippen molar-refractivity contribution >= 4 is 49.7 Å². The summed E-state index contributed by atoms with van der Waals surface area (Å²) in [6.45, 7) is 1.74. The first kappa shape index (κ1) is 18.4. The van der Waals surface area contributed by atoms with Crippen LogP contribution in [0.3, 0.4) is 0 Å². The molecule has 26 heavy (non-hydrogen) atoms. The molecular weight excluding hydrogens is 398 g/mol. The maximum atomic E-state index is 12.3. The second-order valence-electron chi connectivity index (χ2n) is 5.28. The highest BCUT2D eigenvalue weighted by atomic mass is 35.5. The minimum atomic E-state index is -3.72. The number of halogens is 1. The van der Waals surface area contributed by atoms with Gasteiger partial charge in [0.25, 0.3) is 10.0 Å². The van der Waals surface area contributed by atoms with E-state index in [0.29, 0.717) is 16.4 Å². The fourth-order valence-corrected chi connectivity index (χ4v) is 4.03. The van der Waals surface area contributed by atoms with Crippen LogP contribution in [0.4, 0.5) is 10.8 Å². The van der Waals surface area contributed by atoms with E-state index in [2.05, 4.69) is 20.1 Å². The van der Waals surface area contributed by atoms with Gasteiger partial charge in [0, 0.05) is 23.5 Å². The topological polar surface area (TPSA) is 106 Å². The van der Waals surface area contributed by atoms with Crippen LogP contribution in [0, 0.1) is 6.92 Å². The summed E-state index contributed by atoms with van der Waals surface area (Å²) in [5, 5.41) is 9.23. The molecule has 0 spiro atoms. The SMILES string of the molecule is Cc1nn(CC(=O)Nc2ccc(S(=O)(=O)Nc3nccs3)cc2)cc1Cl. The number of aromatic nitrogens is 3. The summed E-state index contributed by atoms with van der Waals surface area (Å²) in [6, 6.07) is 5.83. The third kappa shape index (κ3) is 4.40. The van der Waals surface area contributed by atoms with Crippen LogP contribution in [0.25, 0.3) is 0 Å². The van der Waals surface area contributed by atoms with Crippen LogP contribution in [0.1, 0.15) is 5.69 Å². The number of amides is 1. The van der Waals surface area contributed by atoms with Gasteiger partial charge in [-0.2, -0.15) is 5.10 Å². The number of thiazole rings is 1. The predicted octanol–water partition coefficient (Wildman–Crippen LogP) is 2.74. The molecule has 0 unspecified atom stereocenters. The zero-order valence-corrected chi connectivity index (χ0v) is 15.9. The molecule has 136 valence electrons. The molecule has 11 heteroatoms. The van der Waals surface area contributed by atoms with E-state index in [4.69, 9.17) is 11.6 Å². The van der Waals surface area contributed by atoms with E-state index < -0.39 is 10.0 Å². The Hall–Kier alpha value is -2.43. The van der Waals surface area contributed by atoms with E-state index in [1.54, 1.807) is 18.5 Å². The summed E-state index contributed by atoms with van der Waals surface area (Å²) >= 11 is 7.09. The van der Waals surface area contributed by atoms with Crippen molar-refractivity contribution in [3.8, 4) is 0 Å². The summed E-state index contributed by atoms with van der Waals surface area (Å²) in [5.74, 6) is -0.305. The number of sulfonamides is 1. The molecule has 0 bridgehead atoms. The quantitative estimate of drug-likeness (QED) is 0.648. The van der Waals surface area contributed by atoms with Crippen molar-refractivity contribution in [2.45, 2.75) is 18.4 Å². The molecule has 0 saturated heterocycles. The van der Waals surface area contributed by atoms with Gasteiger partial charge in [0.05, 0.1) is 15.6 Å². The molecule has 8 nitrogen and oxygen atoms in total. The van der Waals surface area contributed by atoms with Crippen molar-refractivity contribution < 1.29 is 13.2 Å². The van der Waals surface area contributed by atoms with Gasteiger partial charge < -0.3 is 5.32 Å². The number of rotatable bonds is 6. The third-order valence-electron chi connectivity index (χ3n) is 3.29. The number of hydrogen-bond acceptors (Lipinski definition) is 6. The third-order valence-corrected chi connectivity index (χ3v) is 5.84. The van der Waals surface area contributed by atoms with Gasteiger partial charge >= 0.3 is 0 Å². The van der Waals surface area contributed by atoms with Gasteiger partial charge in [-0.3, -0.25) is 14.2 Å². The molecule has 0 saturated carbocycles. The summed E-state index contributed by atoms with van der Waals surface area (Å²) in [7, 11) is -3.72. The highest BCUT2D eigenvalue weighted by Crippen LogP contribution is 2.19. The summed E-state index contributed by atoms with van der Waals surface area (Å²) in [5.41, 5.74) is 1.11. The lowest BCUT2D eigenvalue weighted by Gasteiger charge is -2.08. The minimum Gasteiger partial charge on any atom is -0.324 e. The molecule has 3 rings (SSSR count). The Balaban J connectivity index is 1.64. The number of anilines is 2. The zero-order valence-electron chi connectivity index (χ0n) is 13.5. The lowest BCUT2D eigenvalue weighted by Crippen LogP contribution is -2.19. The Labute approximate surface area is 158 Å². The number of aryl methyl sites for hydroxylation is 1. The van der Waals surface area contributed by atoms with Gasteiger partial charge in [0.1, 0.15) is 6.54 Å². The number of nitrogens with zero attached hydrogens (tertiary/aromatic N) is 3. The molecule has 0 atom stereocenters. The second kappa shape index (κ2) is 7.44. The molecule has 2 heterocycles. The molecule has 0 aliphatic heterocycles. The number of carbonyl (C=O) groups is 1. The van der Waals surface area contributed by atoms with Gasteiger partial charge in [0.15, 0.2) is 5.13 Å². The van der Waals surface area contributed by atoms with Crippen molar-refractivity contribution in [1.82, 2.24) is 14.8 Å². The van der Waals surface area contributed by atoms with Crippen LogP contribution in [-0.4, -0.2) is 29.1 Å². The Kier molecular flexibility index (Phi) is 5.25. The predicted molar refractivity (Wildman–Crippen MR) is 100.0 cm³/mol. The first-order chi connectivity index (χ1) is 12.3. The lowest BCUT2D eigenvalue weighted by atomic mass is 10.3. The number of benzene rings is 1. The largest absolute Gasteiger partial charge is 0.324 e. The van der Waals surface area contributed by atoms with Gasteiger partial charge in [-0.15, -0.1) is 11.3 Å². The Morgan fingerprint density at radius 3 is 2.62 bits per heavy atom. The Bertz CT molecular complexity index is 995. The van der Waals surface area contributed by atoms with Gasteiger partial charge in [0.2, 0.25) is 5.91 Å². The molecular formula is C15H14ClN5O3S2. The molecule has 0 radical (unpaired) electrons. The molecule has 3 aromatic rings. The van der Waals surface area contributed by atoms with E-state index in [1.165, 1.54) is 46.5 Å². The number of carbonyl (C=O) groups excluding carboxylic acids is 1. The van der Waals surface area contributed by atoms with Crippen LogP contribution >= 0.6 is 22.9 Å². The molecule has 0 fully saturated rings. The van der Waals surface area contributed by atoms with E-state index in [0.717, 1.165) is 0 Å². The van der Waals surface area contributed by atoms with Crippen LogP contribution in [0.5, 0.6) is 0 Å². The van der Waals surface area contributed by atoms with E-state index >= 15 is 0 Å². The smallest absolute Gasteiger partial charge is 0.263 e. The highest BCUT2D eigenvalue weighted by molar-refractivity contribution is 7.93. The maximum absolute atomic E-state index is 12.3. The first-order valence-corrected chi connectivity index (χ1v) is 10.1. The van der Waals surface area contributed by atoms with E-state index in [9.17, 15) is 13.2 Å². The lowest BCUT2D eigenvalue weighted by molar-refractivity contribution is -0.116. The van der Waals surface area contributed by atoms with Crippen LogP contribution in [0.2, 0.25) is 5.02 Å². The monoisotopic (exact) mass is 411 g/mol. The molecule has 2 aromatic heterocycles. The fourth-order valence-electron chi connectivity index (χ4n) is 2.09. The Morgan fingerprint density at radius 2 is 2.04 bits per heavy atom. The summed E-state index contributed by atoms with van der Waals surface area (Å²) in [6.07, 6.45) is 3.08. The van der Waals surface area contributed by atoms with Crippen molar-refractivity contribution in [3.05, 3.63) is 52.8 Å². The van der Waals surface area contributed by atoms with Gasteiger partial charge in [-0.25, -0.2) is 13.4 Å². The Morgan fingerprint density at radius 1 is 1.31 bits per heavy atom. The normalized spacial score (nSPS) is 11.3. The zero-order chi connectivity index (χ0) is 18.7. The van der Waals surface area contributed by atoms with Crippen LogP contribution in [0.15, 0.2) is 46.9 Å². The maximum Gasteiger partial charge on any atom is 0.263 e. The fraction of sp³-hybridized carbons (Fsp3) is 0.133. The van der Waals surface area contributed by atoms with Crippen LogP contribution < -0.4 is 10.0 Å². The summed E-state index contributed by atoms with van der Waals surface area (Å²) < 4.78 is 28.3. The first-order valence-electron chi connectivity index (χ1n) is 7.35. The van der Waals surface area contributed by atoms with E-state index in [1.807, 2.05) is 0 Å². The average molecular weight is 412 g/mol. The van der Waals surface area contributed by atoms with Gasteiger partial charge in [-0.05, 0) is 31.2 Å². The standard InChI is InChI=1S/C15H14ClN5O3S2/c1-10-13(16)8-21(19-10)9-14(22)18-11-2-4-12(5-3-11)26(23,24)20-15-17-6-7-25-15/h2-8H,9H2,1H3,(H,17,20)(H,18,22). The average Bonchev–Trinajstić information content (AvgIpc) is 3.17. The van der Waals surface area contributed by atoms with E-state index in [-0.39, 0.29) is 22.5 Å². The molecule has 0 aliphatic rings. The number of hydrogen-bond donors (Lipinski definition) is 2. The van der Waals surface area contributed by atoms with Crippen molar-refractivity contribution in [1.29, 1.82) is 0 Å². The van der Waals surface area contributed by atoms with Crippen molar-refractivity contribution in [2.24, 2.45) is 0 Å². The molecule has 0 aliphatic carbocycles. The van der Waals surface area contributed by atoms with Crippen LogP contribution in [-0.2, 0) is 21.4 Å². The molecule has 2 N–H and O–H groups in total. The number of nitrogens with one attached hydrogen (secondary N) is 2. The second-order valence-corrected chi connectivity index (χ2v) is 8.26. The molecule has 1 amide bonds. The van der Waals surface area contributed by atoms with Crippen molar-refractivity contribution in [3.63, 3.8) is 0 Å². The van der Waals surface area contributed by atoms with Crippen molar-refractivity contribution in [2.75, 3.05) is 10.0 Å². The molecule has 1 aromatic carbocycles. The summed E-state index contributed by atoms with van der Waals surface area (Å²) in [4.78, 5) is 16.0. The van der Waals surface area contributed by atoms with Gasteiger partial charge in [-0.1, -0.05) is 11.6 Å².